The number of amides is 1. The van der Waals surface area contributed by atoms with Gasteiger partial charge in [-0.05, 0) is 67.8 Å². The van der Waals surface area contributed by atoms with Gasteiger partial charge in [0, 0.05) is 24.3 Å². The van der Waals surface area contributed by atoms with Gasteiger partial charge in [-0.15, -0.1) is 0 Å². The second-order valence-corrected chi connectivity index (χ2v) is 12.3. The van der Waals surface area contributed by atoms with Gasteiger partial charge < -0.3 is 10.1 Å². The Labute approximate surface area is 217 Å². The average Bonchev–Trinajstić information content (AvgIpc) is 2.90. The highest BCUT2D eigenvalue weighted by Crippen LogP contribution is 2.29. The molecule has 0 aliphatic carbocycles. The Hall–Kier alpha value is -3.41. The van der Waals surface area contributed by atoms with Gasteiger partial charge in [0.1, 0.15) is 5.75 Å². The molecule has 0 unspecified atom stereocenters. The third-order valence-corrected chi connectivity index (χ3v) is 9.54. The van der Waals surface area contributed by atoms with Crippen LogP contribution in [0.3, 0.4) is 0 Å². The monoisotopic (exact) mass is 543 g/mol. The van der Waals surface area contributed by atoms with E-state index in [4.69, 9.17) is 4.74 Å². The van der Waals surface area contributed by atoms with E-state index in [2.05, 4.69) is 10.0 Å². The van der Waals surface area contributed by atoms with Crippen LogP contribution in [0.4, 0.5) is 11.4 Å². The van der Waals surface area contributed by atoms with Gasteiger partial charge in [-0.1, -0.05) is 30.7 Å². The predicted octanol–water partition coefficient (Wildman–Crippen LogP) is 4.23. The molecule has 196 valence electrons. The molecule has 2 N–H and O–H groups in total. The lowest BCUT2D eigenvalue weighted by Gasteiger charge is -2.26. The third kappa shape index (κ3) is 5.95. The summed E-state index contributed by atoms with van der Waals surface area (Å²) in [5.74, 6) is -0.187. The fourth-order valence-electron chi connectivity index (χ4n) is 4.15. The number of rotatable bonds is 8. The van der Waals surface area contributed by atoms with Crippen molar-refractivity contribution in [2.24, 2.45) is 0 Å². The molecule has 9 nitrogen and oxygen atoms in total. The maximum Gasteiger partial charge on any atom is 0.262 e. The molecule has 3 aromatic carbocycles. The second kappa shape index (κ2) is 10.9. The molecule has 0 aromatic heterocycles. The molecule has 1 aliphatic rings. The number of para-hydroxylation sites is 2. The minimum absolute atomic E-state index is 0.0161. The van der Waals surface area contributed by atoms with Gasteiger partial charge in [-0.25, -0.2) is 16.8 Å². The van der Waals surface area contributed by atoms with Crippen molar-refractivity contribution in [3.63, 3.8) is 0 Å². The van der Waals surface area contributed by atoms with Crippen LogP contribution in [0.1, 0.15) is 35.2 Å². The Morgan fingerprint density at radius 2 is 1.62 bits per heavy atom. The maximum atomic E-state index is 13.2. The molecular formula is C26H29N3O6S2. The Morgan fingerprint density at radius 3 is 2.35 bits per heavy atom. The lowest BCUT2D eigenvalue weighted by Crippen LogP contribution is -2.35. The van der Waals surface area contributed by atoms with Gasteiger partial charge in [0.25, 0.3) is 15.9 Å². The zero-order valence-corrected chi connectivity index (χ0v) is 22.2. The van der Waals surface area contributed by atoms with E-state index in [1.165, 1.54) is 41.7 Å². The Balaban J connectivity index is 1.56. The Bertz CT molecular complexity index is 1510. The zero-order chi connectivity index (χ0) is 26.6. The van der Waals surface area contributed by atoms with Crippen molar-refractivity contribution in [2.45, 2.75) is 36.0 Å². The predicted molar refractivity (Wildman–Crippen MR) is 142 cm³/mol. The van der Waals surface area contributed by atoms with Crippen molar-refractivity contribution >= 4 is 37.3 Å². The van der Waals surface area contributed by atoms with Crippen LogP contribution in [0.25, 0.3) is 0 Å². The first-order valence-corrected chi connectivity index (χ1v) is 14.7. The van der Waals surface area contributed by atoms with E-state index >= 15 is 0 Å². The van der Waals surface area contributed by atoms with Crippen molar-refractivity contribution in [3.8, 4) is 5.75 Å². The smallest absolute Gasteiger partial charge is 0.262 e. The summed E-state index contributed by atoms with van der Waals surface area (Å²) in [4.78, 5) is 13.0. The number of carbonyl (C=O) groups is 1. The maximum absolute atomic E-state index is 13.2. The number of aryl methyl sites for hydroxylation is 1. The number of ether oxygens (including phenoxy) is 1. The molecule has 4 rings (SSSR count). The van der Waals surface area contributed by atoms with E-state index in [1.54, 1.807) is 43.3 Å². The highest BCUT2D eigenvalue weighted by molar-refractivity contribution is 7.92. The van der Waals surface area contributed by atoms with Crippen LogP contribution < -0.4 is 14.8 Å². The Kier molecular flexibility index (Phi) is 7.86. The van der Waals surface area contributed by atoms with Crippen molar-refractivity contribution < 1.29 is 26.4 Å². The number of anilines is 2. The van der Waals surface area contributed by atoms with Crippen LogP contribution in [-0.4, -0.2) is 47.2 Å². The highest BCUT2D eigenvalue weighted by atomic mass is 32.2. The lowest BCUT2D eigenvalue weighted by atomic mass is 10.2. The molecule has 1 fully saturated rings. The largest absolute Gasteiger partial charge is 0.495 e. The SMILES string of the molecule is COc1ccccc1NS(=O)(=O)c1cc(NC(=O)c2cccc(S(=O)(=O)N3CCCCC3)c2)ccc1C. The third-order valence-electron chi connectivity index (χ3n) is 6.14. The summed E-state index contributed by atoms with van der Waals surface area (Å²) < 4.78 is 61.5. The molecule has 1 amide bonds. The summed E-state index contributed by atoms with van der Waals surface area (Å²) in [6.07, 6.45) is 2.62. The molecule has 11 heteroatoms. The van der Waals surface area contributed by atoms with Gasteiger partial charge in [-0.2, -0.15) is 4.31 Å². The first kappa shape index (κ1) is 26.6. The molecule has 0 saturated carbocycles. The summed E-state index contributed by atoms with van der Waals surface area (Å²) in [5.41, 5.74) is 1.16. The zero-order valence-electron chi connectivity index (χ0n) is 20.6. The van der Waals surface area contributed by atoms with Gasteiger partial charge in [0.2, 0.25) is 10.0 Å². The van der Waals surface area contributed by atoms with Crippen molar-refractivity contribution in [3.05, 3.63) is 77.9 Å². The first-order chi connectivity index (χ1) is 17.6. The number of benzene rings is 3. The van der Waals surface area contributed by atoms with Crippen LogP contribution in [-0.2, 0) is 20.0 Å². The average molecular weight is 544 g/mol. The van der Waals surface area contributed by atoms with E-state index in [1.807, 2.05) is 0 Å². The summed E-state index contributed by atoms with van der Waals surface area (Å²) in [5, 5.41) is 2.68. The van der Waals surface area contributed by atoms with E-state index in [0.717, 1.165) is 19.3 Å². The summed E-state index contributed by atoms with van der Waals surface area (Å²) >= 11 is 0. The summed E-state index contributed by atoms with van der Waals surface area (Å²) in [7, 11) is -6.26. The minimum atomic E-state index is -4.00. The normalized spacial score (nSPS) is 14.6. The molecule has 3 aromatic rings. The number of sulfonamides is 2. The minimum Gasteiger partial charge on any atom is -0.495 e. The van der Waals surface area contributed by atoms with Crippen molar-refractivity contribution in [1.29, 1.82) is 0 Å². The van der Waals surface area contributed by atoms with E-state index in [0.29, 0.717) is 24.4 Å². The number of hydrogen-bond donors (Lipinski definition) is 2. The van der Waals surface area contributed by atoms with Crippen LogP contribution in [0.5, 0.6) is 5.75 Å². The standard InChI is InChI=1S/C26H29N3O6S2/c1-19-13-14-21(18-25(19)36(31,32)28-23-11-4-5-12-24(23)35-2)27-26(30)20-9-8-10-22(17-20)37(33,34)29-15-6-3-7-16-29/h4-5,8-14,17-18,28H,3,6-7,15-16H2,1-2H3,(H,27,30). The molecule has 0 spiro atoms. The highest BCUT2D eigenvalue weighted by Gasteiger charge is 2.26. The number of piperidine rings is 1. The fourth-order valence-corrected chi connectivity index (χ4v) is 7.06. The number of nitrogens with one attached hydrogen (secondary N) is 2. The number of hydrogen-bond acceptors (Lipinski definition) is 6. The molecule has 1 aliphatic heterocycles. The summed E-state index contributed by atoms with van der Waals surface area (Å²) in [6, 6.07) is 17.0. The van der Waals surface area contributed by atoms with Crippen molar-refractivity contribution in [2.75, 3.05) is 30.2 Å². The van der Waals surface area contributed by atoms with Crippen LogP contribution in [0, 0.1) is 6.92 Å². The molecule has 0 atom stereocenters. The first-order valence-electron chi connectivity index (χ1n) is 11.8. The number of nitrogens with zero attached hydrogens (tertiary/aromatic N) is 1. The van der Waals surface area contributed by atoms with Crippen LogP contribution in [0.2, 0.25) is 0 Å². The van der Waals surface area contributed by atoms with Crippen LogP contribution in [0.15, 0.2) is 76.5 Å². The topological polar surface area (TPSA) is 122 Å². The van der Waals surface area contributed by atoms with Gasteiger partial charge in [0.15, 0.2) is 0 Å². The number of methoxy groups -OCH3 is 1. The Morgan fingerprint density at radius 1 is 0.892 bits per heavy atom. The van der Waals surface area contributed by atoms with E-state index in [-0.39, 0.29) is 26.7 Å². The quantitative estimate of drug-likeness (QED) is 0.439. The summed E-state index contributed by atoms with van der Waals surface area (Å²) in [6.45, 7) is 2.57. The van der Waals surface area contributed by atoms with Crippen LogP contribution >= 0.6 is 0 Å². The molecule has 1 heterocycles. The number of carbonyl (C=O) groups excluding carboxylic acids is 1. The second-order valence-electron chi connectivity index (χ2n) is 8.73. The van der Waals surface area contributed by atoms with E-state index < -0.39 is 26.0 Å². The van der Waals surface area contributed by atoms with E-state index in [9.17, 15) is 21.6 Å². The molecule has 1 saturated heterocycles. The molecule has 0 radical (unpaired) electrons. The molecule has 0 bridgehead atoms. The lowest BCUT2D eigenvalue weighted by molar-refractivity contribution is 0.102. The van der Waals surface area contributed by atoms with Gasteiger partial charge in [0.05, 0.1) is 22.6 Å². The van der Waals surface area contributed by atoms with Gasteiger partial charge in [-0.3, -0.25) is 9.52 Å². The van der Waals surface area contributed by atoms with Crippen molar-refractivity contribution in [1.82, 2.24) is 4.31 Å². The molecule has 37 heavy (non-hydrogen) atoms. The fraction of sp³-hybridized carbons (Fsp3) is 0.269. The molecular weight excluding hydrogens is 514 g/mol. The van der Waals surface area contributed by atoms with Gasteiger partial charge >= 0.3 is 0 Å².